The van der Waals surface area contributed by atoms with E-state index in [0.717, 1.165) is 12.1 Å². The Hall–Kier alpha value is -0.840. The quantitative estimate of drug-likeness (QED) is 0.840. The monoisotopic (exact) mass is 294 g/mol. The number of rotatable bonds is 3. The van der Waals surface area contributed by atoms with Crippen LogP contribution in [0.1, 0.15) is 26.3 Å². The van der Waals surface area contributed by atoms with Crippen LogP contribution in [0.2, 0.25) is 10.0 Å². The fourth-order valence-corrected chi connectivity index (χ4v) is 2.01. The zero-order valence-corrected chi connectivity index (χ0v) is 11.6. The average Bonchev–Trinajstić information content (AvgIpc) is 2.22. The van der Waals surface area contributed by atoms with Gasteiger partial charge in [0.15, 0.2) is 0 Å². The summed E-state index contributed by atoms with van der Waals surface area (Å²) in [5, 5.41) is 19.4. The van der Waals surface area contributed by atoms with Gasteiger partial charge >= 0.3 is 5.97 Å². The molecule has 3 nitrogen and oxygen atoms in total. The molecule has 0 aliphatic rings. The molecule has 2 N–H and O–H groups in total. The smallest absolute Gasteiger partial charge is 0.312 e. The summed E-state index contributed by atoms with van der Waals surface area (Å²) < 4.78 is 13.4. The van der Waals surface area contributed by atoms with Crippen molar-refractivity contribution in [1.29, 1.82) is 0 Å². The predicted octanol–water partition coefficient (Wildman–Crippen LogP) is 3.45. The molecule has 0 fully saturated rings. The molecule has 6 heteroatoms. The van der Waals surface area contributed by atoms with Crippen LogP contribution in [0.3, 0.4) is 0 Å². The molecule has 1 aromatic carbocycles. The Labute approximate surface area is 114 Å². The molecule has 100 valence electrons. The highest BCUT2D eigenvalue weighted by Gasteiger charge is 2.48. The van der Waals surface area contributed by atoms with Crippen LogP contribution in [0, 0.1) is 11.2 Å². The van der Waals surface area contributed by atoms with Gasteiger partial charge in [-0.05, 0) is 32.9 Å². The molecule has 0 radical (unpaired) electrons. The molecular formula is C12H13Cl2FO3. The van der Waals surface area contributed by atoms with E-state index in [9.17, 15) is 14.3 Å². The summed E-state index contributed by atoms with van der Waals surface area (Å²) in [5.74, 6) is -1.99. The molecule has 0 heterocycles. The number of aliphatic hydroxyl groups is 1. The van der Waals surface area contributed by atoms with Crippen LogP contribution in [0.15, 0.2) is 12.1 Å². The second-order valence-electron chi connectivity index (χ2n) is 4.75. The first kappa shape index (κ1) is 15.2. The molecule has 0 amide bonds. The lowest BCUT2D eigenvalue weighted by Crippen LogP contribution is -2.45. The normalized spacial score (nSPS) is 15.3. The summed E-state index contributed by atoms with van der Waals surface area (Å²) in [5.41, 5.74) is -3.41. The zero-order chi connectivity index (χ0) is 14.3. The van der Waals surface area contributed by atoms with Gasteiger partial charge in [0.1, 0.15) is 11.4 Å². The van der Waals surface area contributed by atoms with E-state index in [4.69, 9.17) is 28.3 Å². The highest BCUT2D eigenvalue weighted by molar-refractivity contribution is 6.35. The first-order chi connectivity index (χ1) is 8.01. The molecule has 0 saturated carbocycles. The summed E-state index contributed by atoms with van der Waals surface area (Å²) in [7, 11) is 0. The first-order valence-electron chi connectivity index (χ1n) is 5.12. The third-order valence-electron chi connectivity index (χ3n) is 3.29. The van der Waals surface area contributed by atoms with Gasteiger partial charge < -0.3 is 10.2 Å². The van der Waals surface area contributed by atoms with Gasteiger partial charge in [-0.1, -0.05) is 23.2 Å². The molecule has 0 aliphatic heterocycles. The number of benzene rings is 1. The van der Waals surface area contributed by atoms with E-state index in [1.807, 2.05) is 0 Å². The maximum atomic E-state index is 13.4. The van der Waals surface area contributed by atoms with Crippen LogP contribution < -0.4 is 0 Å². The SMILES string of the molecule is CC(C)(C(=O)O)C(C)(O)c1cc(F)c(Cl)cc1Cl. The molecule has 1 unspecified atom stereocenters. The van der Waals surface area contributed by atoms with E-state index in [2.05, 4.69) is 0 Å². The molecule has 0 aliphatic carbocycles. The molecule has 1 rings (SSSR count). The van der Waals surface area contributed by atoms with E-state index < -0.39 is 22.8 Å². The van der Waals surface area contributed by atoms with Gasteiger partial charge in [-0.3, -0.25) is 4.79 Å². The van der Waals surface area contributed by atoms with Gasteiger partial charge in [0.2, 0.25) is 0 Å². The summed E-state index contributed by atoms with van der Waals surface area (Å²) >= 11 is 11.4. The van der Waals surface area contributed by atoms with Crippen molar-refractivity contribution in [2.24, 2.45) is 5.41 Å². The Kier molecular flexibility index (Phi) is 3.96. The van der Waals surface area contributed by atoms with Crippen molar-refractivity contribution >= 4 is 29.2 Å². The summed E-state index contributed by atoms with van der Waals surface area (Å²) in [6, 6.07) is 2.09. The van der Waals surface area contributed by atoms with Gasteiger partial charge in [0, 0.05) is 10.6 Å². The molecule has 0 saturated heterocycles. The molecule has 1 atom stereocenters. The van der Waals surface area contributed by atoms with Gasteiger partial charge in [-0.15, -0.1) is 0 Å². The van der Waals surface area contributed by atoms with Crippen molar-refractivity contribution in [2.45, 2.75) is 26.4 Å². The number of halogens is 3. The van der Waals surface area contributed by atoms with Gasteiger partial charge in [-0.2, -0.15) is 0 Å². The Balaban J connectivity index is 3.46. The van der Waals surface area contributed by atoms with Gasteiger partial charge in [-0.25, -0.2) is 4.39 Å². The summed E-state index contributed by atoms with van der Waals surface area (Å²) in [6.45, 7) is 3.94. The lowest BCUT2D eigenvalue weighted by molar-refractivity contribution is -0.164. The molecule has 18 heavy (non-hydrogen) atoms. The van der Waals surface area contributed by atoms with Crippen molar-refractivity contribution in [3.8, 4) is 0 Å². The number of hydrogen-bond donors (Lipinski definition) is 2. The largest absolute Gasteiger partial charge is 0.481 e. The fourth-order valence-electron chi connectivity index (χ4n) is 1.44. The van der Waals surface area contributed by atoms with E-state index in [1.54, 1.807) is 0 Å². The molecule has 0 aromatic heterocycles. The highest BCUT2D eigenvalue weighted by Crippen LogP contribution is 2.43. The molecule has 1 aromatic rings. The fraction of sp³-hybridized carbons (Fsp3) is 0.417. The number of carboxylic acids is 1. The van der Waals surface area contributed by atoms with Crippen molar-refractivity contribution in [2.75, 3.05) is 0 Å². The molecular weight excluding hydrogens is 282 g/mol. The lowest BCUT2D eigenvalue weighted by Gasteiger charge is -2.37. The van der Waals surface area contributed by atoms with Crippen LogP contribution in [0.25, 0.3) is 0 Å². The number of aliphatic carboxylic acids is 1. The second kappa shape index (κ2) is 4.68. The average molecular weight is 295 g/mol. The van der Waals surface area contributed by atoms with E-state index in [-0.39, 0.29) is 15.6 Å². The van der Waals surface area contributed by atoms with Crippen LogP contribution in [-0.2, 0) is 10.4 Å². The minimum absolute atomic E-state index is 0.0146. The van der Waals surface area contributed by atoms with Crippen LogP contribution in [0.5, 0.6) is 0 Å². The summed E-state index contributed by atoms with van der Waals surface area (Å²) in [6.07, 6.45) is 0. The standard InChI is InChI=1S/C12H13Cl2FO3/c1-11(2,10(16)17)12(3,18)6-4-9(15)8(14)5-7(6)13/h4-5,18H,1-3H3,(H,16,17). The highest BCUT2D eigenvalue weighted by atomic mass is 35.5. The van der Waals surface area contributed by atoms with Crippen molar-refractivity contribution < 1.29 is 19.4 Å². The molecule has 0 spiro atoms. The Morgan fingerprint density at radius 2 is 1.72 bits per heavy atom. The maximum absolute atomic E-state index is 13.4. The van der Waals surface area contributed by atoms with Crippen molar-refractivity contribution in [1.82, 2.24) is 0 Å². The van der Waals surface area contributed by atoms with Crippen molar-refractivity contribution in [3.63, 3.8) is 0 Å². The minimum atomic E-state index is -1.85. The van der Waals surface area contributed by atoms with Crippen LogP contribution >= 0.6 is 23.2 Å². The van der Waals surface area contributed by atoms with Gasteiger partial charge in [0.05, 0.1) is 10.4 Å². The maximum Gasteiger partial charge on any atom is 0.312 e. The van der Waals surface area contributed by atoms with Crippen LogP contribution in [0.4, 0.5) is 4.39 Å². The number of carbonyl (C=O) groups is 1. The lowest BCUT2D eigenvalue weighted by atomic mass is 9.72. The number of carboxylic acid groups (broad SMARTS) is 1. The van der Waals surface area contributed by atoms with E-state index >= 15 is 0 Å². The third kappa shape index (κ3) is 2.32. The second-order valence-corrected chi connectivity index (χ2v) is 5.56. The topological polar surface area (TPSA) is 57.5 Å². The Bertz CT molecular complexity index is 498. The zero-order valence-electron chi connectivity index (χ0n) is 10.1. The first-order valence-corrected chi connectivity index (χ1v) is 5.88. The molecule has 0 bridgehead atoms. The van der Waals surface area contributed by atoms with E-state index in [0.29, 0.717) is 0 Å². The van der Waals surface area contributed by atoms with Crippen LogP contribution in [-0.4, -0.2) is 16.2 Å². The Morgan fingerprint density at radius 3 is 2.17 bits per heavy atom. The van der Waals surface area contributed by atoms with E-state index in [1.165, 1.54) is 20.8 Å². The summed E-state index contributed by atoms with van der Waals surface area (Å²) in [4.78, 5) is 11.2. The van der Waals surface area contributed by atoms with Crippen molar-refractivity contribution in [3.05, 3.63) is 33.6 Å². The Morgan fingerprint density at radius 1 is 1.22 bits per heavy atom. The third-order valence-corrected chi connectivity index (χ3v) is 3.89. The predicted molar refractivity (Wildman–Crippen MR) is 67.4 cm³/mol. The number of hydrogen-bond acceptors (Lipinski definition) is 2. The van der Waals surface area contributed by atoms with Gasteiger partial charge in [0.25, 0.3) is 0 Å². The minimum Gasteiger partial charge on any atom is -0.481 e.